The van der Waals surface area contributed by atoms with Gasteiger partial charge < -0.3 is 20.9 Å². The lowest BCUT2D eigenvalue weighted by Gasteiger charge is -2.16. The van der Waals surface area contributed by atoms with E-state index in [1.54, 1.807) is 0 Å². The average molecular weight is 232 g/mol. The van der Waals surface area contributed by atoms with Crippen LogP contribution in [0.1, 0.15) is 19.8 Å². The van der Waals surface area contributed by atoms with Gasteiger partial charge in [0, 0.05) is 26.6 Å². The van der Waals surface area contributed by atoms with Crippen LogP contribution in [0.3, 0.4) is 0 Å². The minimum atomic E-state index is -0.858. The Morgan fingerprint density at radius 3 is 2.50 bits per heavy atom. The standard InChI is InChI=1S/C10H20N2O4/c1-3-7(4-9(13)14)6-12-10(15)8(5-11)16-2/h7-8H,3-6,11H2,1-2H3,(H,12,15)(H,13,14). The number of nitrogens with two attached hydrogens (primary N) is 1. The Morgan fingerprint density at radius 1 is 1.50 bits per heavy atom. The molecule has 0 rings (SSSR count). The van der Waals surface area contributed by atoms with Crippen LogP contribution in [0.25, 0.3) is 0 Å². The largest absolute Gasteiger partial charge is 0.481 e. The van der Waals surface area contributed by atoms with Crippen LogP contribution >= 0.6 is 0 Å². The summed E-state index contributed by atoms with van der Waals surface area (Å²) in [4.78, 5) is 22.0. The SMILES string of the molecule is CCC(CNC(=O)C(CN)OC)CC(=O)O. The Bertz CT molecular complexity index is 229. The van der Waals surface area contributed by atoms with Crippen LogP contribution in [-0.2, 0) is 14.3 Å². The molecule has 0 aromatic heterocycles. The lowest BCUT2D eigenvalue weighted by molar-refractivity contribution is -0.138. The molecule has 0 radical (unpaired) electrons. The van der Waals surface area contributed by atoms with Crippen LogP contribution in [-0.4, -0.2) is 43.3 Å². The monoisotopic (exact) mass is 232 g/mol. The van der Waals surface area contributed by atoms with Crippen molar-refractivity contribution in [2.45, 2.75) is 25.9 Å². The van der Waals surface area contributed by atoms with E-state index in [0.717, 1.165) is 0 Å². The average Bonchev–Trinajstić information content (AvgIpc) is 2.25. The van der Waals surface area contributed by atoms with Gasteiger partial charge in [-0.2, -0.15) is 0 Å². The van der Waals surface area contributed by atoms with Gasteiger partial charge in [0.2, 0.25) is 5.91 Å². The van der Waals surface area contributed by atoms with Gasteiger partial charge in [-0.1, -0.05) is 13.3 Å². The van der Waals surface area contributed by atoms with Crippen LogP contribution < -0.4 is 11.1 Å². The van der Waals surface area contributed by atoms with Crippen LogP contribution in [0.5, 0.6) is 0 Å². The lowest BCUT2D eigenvalue weighted by Crippen LogP contribution is -2.42. The molecule has 4 N–H and O–H groups in total. The molecular weight excluding hydrogens is 212 g/mol. The molecule has 0 saturated carbocycles. The highest BCUT2D eigenvalue weighted by Gasteiger charge is 2.17. The maximum absolute atomic E-state index is 11.4. The first-order valence-electron chi connectivity index (χ1n) is 5.27. The van der Waals surface area contributed by atoms with Gasteiger partial charge in [0.1, 0.15) is 6.10 Å². The van der Waals surface area contributed by atoms with Gasteiger partial charge in [0.05, 0.1) is 0 Å². The molecule has 2 unspecified atom stereocenters. The minimum absolute atomic E-state index is 0.0526. The molecule has 0 spiro atoms. The molecule has 0 aliphatic carbocycles. The number of aliphatic carboxylic acids is 1. The number of carbonyl (C=O) groups is 2. The van der Waals surface area contributed by atoms with Gasteiger partial charge in [-0.05, 0) is 5.92 Å². The van der Waals surface area contributed by atoms with Crippen molar-refractivity contribution in [3.63, 3.8) is 0 Å². The zero-order valence-corrected chi connectivity index (χ0v) is 9.73. The van der Waals surface area contributed by atoms with E-state index in [-0.39, 0.29) is 24.8 Å². The van der Waals surface area contributed by atoms with Crippen LogP contribution in [0.2, 0.25) is 0 Å². The highest BCUT2D eigenvalue weighted by Crippen LogP contribution is 2.06. The number of ether oxygens (including phenoxy) is 1. The maximum atomic E-state index is 11.4. The number of rotatable bonds is 8. The summed E-state index contributed by atoms with van der Waals surface area (Å²) in [6.45, 7) is 2.33. The van der Waals surface area contributed by atoms with Gasteiger partial charge in [-0.25, -0.2) is 0 Å². The number of amides is 1. The molecular formula is C10H20N2O4. The third-order valence-electron chi connectivity index (χ3n) is 2.40. The maximum Gasteiger partial charge on any atom is 0.303 e. The van der Waals surface area contributed by atoms with Crippen molar-refractivity contribution in [3.8, 4) is 0 Å². The van der Waals surface area contributed by atoms with E-state index >= 15 is 0 Å². The molecule has 94 valence electrons. The number of carboxylic acid groups (broad SMARTS) is 1. The van der Waals surface area contributed by atoms with E-state index in [4.69, 9.17) is 15.6 Å². The van der Waals surface area contributed by atoms with Gasteiger partial charge in [0.25, 0.3) is 0 Å². The Morgan fingerprint density at radius 2 is 2.12 bits per heavy atom. The number of hydrogen-bond acceptors (Lipinski definition) is 4. The molecule has 6 nitrogen and oxygen atoms in total. The number of hydrogen-bond donors (Lipinski definition) is 3. The summed E-state index contributed by atoms with van der Waals surface area (Å²) in [5.74, 6) is -1.21. The zero-order valence-electron chi connectivity index (χ0n) is 9.73. The summed E-state index contributed by atoms with van der Waals surface area (Å²) in [6, 6.07) is 0. The first kappa shape index (κ1) is 14.9. The Hall–Kier alpha value is -1.14. The Balaban J connectivity index is 4.00. The third-order valence-corrected chi connectivity index (χ3v) is 2.40. The van der Waals surface area contributed by atoms with Crippen molar-refractivity contribution in [1.82, 2.24) is 5.32 Å². The van der Waals surface area contributed by atoms with Crippen molar-refractivity contribution < 1.29 is 19.4 Å². The molecule has 0 bridgehead atoms. The topological polar surface area (TPSA) is 102 Å². The van der Waals surface area contributed by atoms with Crippen molar-refractivity contribution in [3.05, 3.63) is 0 Å². The summed E-state index contributed by atoms with van der Waals surface area (Å²) < 4.78 is 4.85. The summed E-state index contributed by atoms with van der Waals surface area (Å²) >= 11 is 0. The molecule has 0 aliphatic heterocycles. The molecule has 0 fully saturated rings. The molecule has 16 heavy (non-hydrogen) atoms. The van der Waals surface area contributed by atoms with Crippen LogP contribution in [0, 0.1) is 5.92 Å². The molecule has 0 aromatic rings. The molecule has 0 saturated heterocycles. The molecule has 6 heteroatoms. The van der Waals surface area contributed by atoms with Gasteiger partial charge in [0.15, 0.2) is 0 Å². The quantitative estimate of drug-likeness (QED) is 0.527. The van der Waals surface area contributed by atoms with E-state index in [1.807, 2.05) is 6.92 Å². The number of methoxy groups -OCH3 is 1. The van der Waals surface area contributed by atoms with Crippen LogP contribution in [0.4, 0.5) is 0 Å². The van der Waals surface area contributed by atoms with E-state index in [0.29, 0.717) is 13.0 Å². The first-order valence-corrected chi connectivity index (χ1v) is 5.27. The van der Waals surface area contributed by atoms with Crippen molar-refractivity contribution >= 4 is 11.9 Å². The number of carbonyl (C=O) groups excluding carboxylic acids is 1. The predicted octanol–water partition coefficient (Wildman–Crippen LogP) is -0.423. The van der Waals surface area contributed by atoms with Crippen molar-refractivity contribution in [1.29, 1.82) is 0 Å². The van der Waals surface area contributed by atoms with Gasteiger partial charge in [-0.3, -0.25) is 9.59 Å². The summed E-state index contributed by atoms with van der Waals surface area (Å²) in [5, 5.41) is 11.3. The predicted molar refractivity (Wildman–Crippen MR) is 58.9 cm³/mol. The van der Waals surface area contributed by atoms with Gasteiger partial charge >= 0.3 is 5.97 Å². The van der Waals surface area contributed by atoms with Gasteiger partial charge in [-0.15, -0.1) is 0 Å². The summed E-state index contributed by atoms with van der Waals surface area (Å²) in [5.41, 5.74) is 5.32. The smallest absolute Gasteiger partial charge is 0.303 e. The normalized spacial score (nSPS) is 14.2. The molecule has 1 amide bonds. The molecule has 0 aromatic carbocycles. The van der Waals surface area contributed by atoms with E-state index < -0.39 is 12.1 Å². The second-order valence-corrected chi connectivity index (χ2v) is 3.58. The third kappa shape index (κ3) is 5.67. The number of carboxylic acids is 1. The van der Waals surface area contributed by atoms with E-state index in [9.17, 15) is 9.59 Å². The highest BCUT2D eigenvalue weighted by molar-refractivity contribution is 5.81. The second-order valence-electron chi connectivity index (χ2n) is 3.58. The Kier molecular flexibility index (Phi) is 7.49. The lowest BCUT2D eigenvalue weighted by atomic mass is 10.0. The fraction of sp³-hybridized carbons (Fsp3) is 0.800. The Labute approximate surface area is 95.1 Å². The van der Waals surface area contributed by atoms with Crippen molar-refractivity contribution in [2.24, 2.45) is 11.7 Å². The summed E-state index contributed by atoms with van der Waals surface area (Å²) in [7, 11) is 1.41. The molecule has 0 heterocycles. The molecule has 2 atom stereocenters. The highest BCUT2D eigenvalue weighted by atomic mass is 16.5. The van der Waals surface area contributed by atoms with Crippen molar-refractivity contribution in [2.75, 3.05) is 20.2 Å². The molecule has 0 aliphatic rings. The summed E-state index contributed by atoms with van der Waals surface area (Å²) in [6.07, 6.45) is 0.0894. The van der Waals surface area contributed by atoms with Crippen LogP contribution in [0.15, 0.2) is 0 Å². The van der Waals surface area contributed by atoms with E-state index in [2.05, 4.69) is 5.32 Å². The number of nitrogens with one attached hydrogen (secondary N) is 1. The van der Waals surface area contributed by atoms with E-state index in [1.165, 1.54) is 7.11 Å². The fourth-order valence-corrected chi connectivity index (χ4v) is 1.28. The second kappa shape index (κ2) is 8.06. The fourth-order valence-electron chi connectivity index (χ4n) is 1.28. The zero-order chi connectivity index (χ0) is 12.6. The minimum Gasteiger partial charge on any atom is -0.481 e. The first-order chi connectivity index (χ1) is 7.54.